The lowest BCUT2D eigenvalue weighted by atomic mass is 10.1. The van der Waals surface area contributed by atoms with Crippen molar-refractivity contribution in [1.29, 1.82) is 0 Å². The monoisotopic (exact) mass is 522 g/mol. The van der Waals surface area contributed by atoms with Crippen LogP contribution in [0.15, 0.2) is 36.5 Å². The van der Waals surface area contributed by atoms with Crippen LogP contribution in [0, 0.1) is 0 Å². The Morgan fingerprint density at radius 2 is 1.92 bits per heavy atom. The molecule has 0 bridgehead atoms. The number of rotatable bonds is 12. The smallest absolute Gasteiger partial charge is 0.489 e. The third kappa shape index (κ3) is 10.1. The van der Waals surface area contributed by atoms with Crippen LogP contribution in [0.5, 0.6) is 11.5 Å². The number of carbonyl (C=O) groups excluding carboxylic acids is 2. The van der Waals surface area contributed by atoms with Crippen LogP contribution in [0.3, 0.4) is 0 Å². The summed E-state index contributed by atoms with van der Waals surface area (Å²) in [5.41, 5.74) is 1.59. The van der Waals surface area contributed by atoms with Crippen molar-refractivity contribution < 1.29 is 32.2 Å². The fourth-order valence-electron chi connectivity index (χ4n) is 3.19. The van der Waals surface area contributed by atoms with E-state index < -0.39 is 12.1 Å². The van der Waals surface area contributed by atoms with E-state index in [1.807, 2.05) is 27.7 Å². The molecule has 2 aromatic rings. The molecule has 2 rings (SSSR count). The van der Waals surface area contributed by atoms with Gasteiger partial charge in [0, 0.05) is 49.1 Å². The minimum atomic E-state index is -4.88. The van der Waals surface area contributed by atoms with Gasteiger partial charge in [0.05, 0.1) is 6.61 Å². The molecule has 1 aromatic heterocycles. The number of para-hydroxylation sites is 1. The number of nitrogens with zero attached hydrogens (tertiary/aromatic N) is 2. The van der Waals surface area contributed by atoms with E-state index in [-0.39, 0.29) is 30.3 Å². The highest BCUT2D eigenvalue weighted by molar-refractivity contribution is 5.91. The number of nitrogens with one attached hydrogen (secondary N) is 2. The SMILES string of the molecule is CCCOc1c(CN(C)C(=O)/C=C/c2cnc(NC=O)c(CNC(C)(C)C)c2)cccc1OC(F)(F)F. The molecule has 8 nitrogen and oxygen atoms in total. The quantitative estimate of drug-likeness (QED) is 0.304. The molecule has 0 fully saturated rings. The van der Waals surface area contributed by atoms with Crippen molar-refractivity contribution in [2.75, 3.05) is 19.0 Å². The summed E-state index contributed by atoms with van der Waals surface area (Å²) in [5.74, 6) is -0.481. The average Bonchev–Trinajstić information content (AvgIpc) is 2.80. The second kappa shape index (κ2) is 13.1. The molecule has 0 aliphatic heterocycles. The predicted molar refractivity (Wildman–Crippen MR) is 135 cm³/mol. The van der Waals surface area contributed by atoms with Gasteiger partial charge >= 0.3 is 6.36 Å². The maximum Gasteiger partial charge on any atom is 0.573 e. The standard InChI is InChI=1S/C26H33F3N4O4/c1-6-12-36-23-19(8-7-9-21(23)37-26(27,28)29)16-33(5)22(35)11-10-18-13-20(15-32-25(2,3)4)24(30-14-18)31-17-34/h7-11,13-14,17,32H,6,12,15-16H2,1-5H3,(H,30,31,34)/b11-10+. The van der Waals surface area contributed by atoms with Gasteiger partial charge in [-0.3, -0.25) is 9.59 Å². The van der Waals surface area contributed by atoms with Gasteiger partial charge in [0.25, 0.3) is 0 Å². The Morgan fingerprint density at radius 1 is 1.19 bits per heavy atom. The number of anilines is 1. The van der Waals surface area contributed by atoms with E-state index in [0.29, 0.717) is 36.3 Å². The zero-order valence-corrected chi connectivity index (χ0v) is 21.6. The fraction of sp³-hybridized carbons (Fsp3) is 0.423. The molecule has 11 heteroatoms. The maximum absolute atomic E-state index is 12.8. The summed E-state index contributed by atoms with van der Waals surface area (Å²) < 4.78 is 48.2. The van der Waals surface area contributed by atoms with Gasteiger partial charge in [-0.2, -0.15) is 0 Å². The molecule has 0 atom stereocenters. The Morgan fingerprint density at radius 3 is 2.54 bits per heavy atom. The molecule has 37 heavy (non-hydrogen) atoms. The molecular weight excluding hydrogens is 489 g/mol. The number of halogens is 3. The number of alkyl halides is 3. The van der Waals surface area contributed by atoms with E-state index >= 15 is 0 Å². The number of amides is 2. The normalized spacial score (nSPS) is 11.9. The number of benzene rings is 1. The van der Waals surface area contributed by atoms with Crippen molar-refractivity contribution in [3.05, 3.63) is 53.2 Å². The Hall–Kier alpha value is -3.60. The van der Waals surface area contributed by atoms with Crippen molar-refractivity contribution in [3.63, 3.8) is 0 Å². The van der Waals surface area contributed by atoms with Crippen LogP contribution in [0.4, 0.5) is 19.0 Å². The highest BCUT2D eigenvalue weighted by Crippen LogP contribution is 2.36. The van der Waals surface area contributed by atoms with E-state index in [4.69, 9.17) is 4.74 Å². The molecule has 202 valence electrons. The molecule has 1 heterocycles. The molecule has 0 saturated heterocycles. The first-order chi connectivity index (χ1) is 17.3. The summed E-state index contributed by atoms with van der Waals surface area (Å²) in [5, 5.41) is 5.89. The average molecular weight is 523 g/mol. The molecule has 0 saturated carbocycles. The van der Waals surface area contributed by atoms with Crippen molar-refractivity contribution in [3.8, 4) is 11.5 Å². The van der Waals surface area contributed by atoms with E-state index in [9.17, 15) is 22.8 Å². The minimum absolute atomic E-state index is 0.00151. The second-order valence-electron chi connectivity index (χ2n) is 9.31. The third-order valence-corrected chi connectivity index (χ3v) is 4.93. The molecule has 2 N–H and O–H groups in total. The van der Waals surface area contributed by atoms with Crippen LogP contribution in [0.2, 0.25) is 0 Å². The Bertz CT molecular complexity index is 1100. The molecular formula is C26H33F3N4O4. The molecule has 0 spiro atoms. The zero-order chi connectivity index (χ0) is 27.6. The van der Waals surface area contributed by atoms with Gasteiger partial charge in [0.2, 0.25) is 12.3 Å². The number of hydrogen-bond donors (Lipinski definition) is 2. The Kier molecular flexibility index (Phi) is 10.5. The van der Waals surface area contributed by atoms with E-state index in [0.717, 1.165) is 5.56 Å². The highest BCUT2D eigenvalue weighted by Gasteiger charge is 2.33. The van der Waals surface area contributed by atoms with Crippen LogP contribution in [-0.2, 0) is 22.7 Å². The molecule has 1 aromatic carbocycles. The highest BCUT2D eigenvalue weighted by atomic mass is 19.4. The summed E-state index contributed by atoms with van der Waals surface area (Å²) in [4.78, 5) is 29.3. The van der Waals surface area contributed by atoms with Gasteiger partial charge in [0.1, 0.15) is 5.82 Å². The van der Waals surface area contributed by atoms with Crippen LogP contribution < -0.4 is 20.1 Å². The molecule has 0 radical (unpaired) electrons. The zero-order valence-electron chi connectivity index (χ0n) is 21.6. The number of pyridine rings is 1. The third-order valence-electron chi connectivity index (χ3n) is 4.93. The van der Waals surface area contributed by atoms with Gasteiger partial charge in [-0.1, -0.05) is 19.1 Å². The summed E-state index contributed by atoms with van der Waals surface area (Å²) in [7, 11) is 1.53. The van der Waals surface area contributed by atoms with Gasteiger partial charge in [-0.05, 0) is 51.0 Å². The van der Waals surface area contributed by atoms with Gasteiger partial charge < -0.3 is 25.0 Å². The Balaban J connectivity index is 2.20. The van der Waals surface area contributed by atoms with Crippen molar-refractivity contribution >= 4 is 24.2 Å². The first-order valence-electron chi connectivity index (χ1n) is 11.7. The van der Waals surface area contributed by atoms with Crippen LogP contribution in [0.25, 0.3) is 6.08 Å². The summed E-state index contributed by atoms with van der Waals surface area (Å²) in [6.07, 6.45) is 0.691. The molecule has 0 unspecified atom stereocenters. The summed E-state index contributed by atoms with van der Waals surface area (Å²) >= 11 is 0. The topological polar surface area (TPSA) is 92.8 Å². The van der Waals surface area contributed by atoms with Gasteiger partial charge in [-0.25, -0.2) is 4.98 Å². The van der Waals surface area contributed by atoms with Crippen molar-refractivity contribution in [2.45, 2.75) is 59.1 Å². The van der Waals surface area contributed by atoms with Crippen molar-refractivity contribution in [2.24, 2.45) is 0 Å². The number of carbonyl (C=O) groups is 2. The number of aromatic nitrogens is 1. The lowest BCUT2D eigenvalue weighted by molar-refractivity contribution is -0.275. The molecule has 0 aliphatic carbocycles. The van der Waals surface area contributed by atoms with E-state index in [1.54, 1.807) is 18.2 Å². The molecule has 2 amide bonds. The second-order valence-corrected chi connectivity index (χ2v) is 9.31. The lowest BCUT2D eigenvalue weighted by Gasteiger charge is -2.21. The number of ether oxygens (including phenoxy) is 2. The largest absolute Gasteiger partial charge is 0.573 e. The van der Waals surface area contributed by atoms with E-state index in [1.165, 1.54) is 36.4 Å². The predicted octanol–water partition coefficient (Wildman–Crippen LogP) is 4.90. The van der Waals surface area contributed by atoms with Crippen LogP contribution in [-0.4, -0.2) is 47.8 Å². The van der Waals surface area contributed by atoms with Crippen molar-refractivity contribution in [1.82, 2.24) is 15.2 Å². The first-order valence-corrected chi connectivity index (χ1v) is 11.7. The van der Waals surface area contributed by atoms with Crippen LogP contribution in [0.1, 0.15) is 50.8 Å². The van der Waals surface area contributed by atoms with Gasteiger partial charge in [0.15, 0.2) is 11.5 Å². The fourth-order valence-corrected chi connectivity index (χ4v) is 3.19. The minimum Gasteiger partial charge on any atom is -0.489 e. The van der Waals surface area contributed by atoms with Gasteiger partial charge in [-0.15, -0.1) is 13.2 Å². The summed E-state index contributed by atoms with van der Waals surface area (Å²) in [6.45, 7) is 8.49. The first kappa shape index (κ1) is 29.6. The molecule has 0 aliphatic rings. The maximum atomic E-state index is 12.8. The summed E-state index contributed by atoms with van der Waals surface area (Å²) in [6, 6.07) is 5.97. The number of hydrogen-bond acceptors (Lipinski definition) is 6. The Labute approximate surface area is 214 Å². The number of likely N-dealkylation sites (N-methyl/N-ethyl adjacent to an activating group) is 1. The van der Waals surface area contributed by atoms with E-state index in [2.05, 4.69) is 20.4 Å². The van der Waals surface area contributed by atoms with Crippen LogP contribution >= 0.6 is 0 Å². The lowest BCUT2D eigenvalue weighted by Crippen LogP contribution is -2.35.